The van der Waals surface area contributed by atoms with Crippen LogP contribution in [0.25, 0.3) is 5.70 Å². The number of benzene rings is 3. The summed E-state index contributed by atoms with van der Waals surface area (Å²) in [5, 5.41) is 11.4. The van der Waals surface area contributed by atoms with Crippen molar-refractivity contribution in [1.82, 2.24) is 14.8 Å². The van der Waals surface area contributed by atoms with Crippen molar-refractivity contribution in [2.24, 2.45) is 0 Å². The average molecular weight is 492 g/mol. The van der Waals surface area contributed by atoms with Gasteiger partial charge in [0, 0.05) is 16.3 Å². The lowest BCUT2D eigenvalue weighted by Gasteiger charge is -2.24. The molecule has 0 bridgehead atoms. The maximum Gasteiger partial charge on any atom is 0.258 e. The Hall–Kier alpha value is -3.61. The molecule has 0 radical (unpaired) electrons. The highest BCUT2D eigenvalue weighted by Gasteiger charge is 2.26. The fraction of sp³-hybridized carbons (Fsp3) is 0.115. The second-order valence-electron chi connectivity index (χ2n) is 8.09. The number of aromatic nitrogens is 3. The van der Waals surface area contributed by atoms with Crippen molar-refractivity contribution in [3.8, 4) is 0 Å². The van der Waals surface area contributed by atoms with Gasteiger partial charge in [0.15, 0.2) is 0 Å². The summed E-state index contributed by atoms with van der Waals surface area (Å²) in [5.41, 5.74) is 5.80. The third-order valence-electron chi connectivity index (χ3n) is 5.58. The van der Waals surface area contributed by atoms with E-state index in [2.05, 4.69) is 58.0 Å². The average Bonchev–Trinajstić information content (AvgIpc) is 3.22. The maximum absolute atomic E-state index is 12.7. The molecule has 5 rings (SSSR count). The van der Waals surface area contributed by atoms with E-state index in [-0.39, 0.29) is 30.3 Å². The van der Waals surface area contributed by atoms with E-state index in [4.69, 9.17) is 11.6 Å². The molecule has 0 saturated carbocycles. The highest BCUT2D eigenvalue weighted by molar-refractivity contribution is 6.30. The first kappa shape index (κ1) is 23.5. The Kier molecular flexibility index (Phi) is 6.72. The minimum absolute atomic E-state index is 0. The zero-order valence-corrected chi connectivity index (χ0v) is 20.2. The number of hydrogen-bond donors (Lipinski definition) is 2. The van der Waals surface area contributed by atoms with Gasteiger partial charge in [0.2, 0.25) is 5.95 Å². The van der Waals surface area contributed by atoms with Gasteiger partial charge in [-0.05, 0) is 55.3 Å². The van der Waals surface area contributed by atoms with Crippen LogP contribution in [0.4, 0.5) is 11.9 Å². The zero-order valence-electron chi connectivity index (χ0n) is 18.6. The summed E-state index contributed by atoms with van der Waals surface area (Å²) in [6.45, 7) is 4.04. The molecule has 34 heavy (non-hydrogen) atoms. The Balaban J connectivity index is 0.00000274. The van der Waals surface area contributed by atoms with Crippen LogP contribution in [-0.4, -0.2) is 20.7 Å². The molecule has 0 aliphatic carbocycles. The standard InChI is InChI=1S/C26H22ClN5O.ClH/c1-16-3-7-18(8-4-16)22-15-23(19-11-13-21(27)14-12-19)32-26(28-22)30-25(31-32)29-24(33)20-9-5-17(2)6-10-20;/h3-15,23H,1-2H3,(H2,28,29,30,31,33);1H. The summed E-state index contributed by atoms with van der Waals surface area (Å²) < 4.78 is 1.77. The van der Waals surface area contributed by atoms with E-state index in [1.54, 1.807) is 16.8 Å². The summed E-state index contributed by atoms with van der Waals surface area (Å²) in [4.78, 5) is 17.3. The van der Waals surface area contributed by atoms with Crippen LogP contribution in [0.2, 0.25) is 5.02 Å². The molecule has 0 saturated heterocycles. The van der Waals surface area contributed by atoms with Crippen molar-refractivity contribution in [3.05, 3.63) is 112 Å². The molecule has 1 aliphatic rings. The SMILES string of the molecule is Cc1ccc(C(=O)Nc2nc3n(n2)C(c2ccc(Cl)cc2)C=C(c2ccc(C)cc2)N3)cc1.Cl. The third kappa shape index (κ3) is 4.83. The first-order valence-electron chi connectivity index (χ1n) is 10.6. The van der Waals surface area contributed by atoms with Gasteiger partial charge in [0.1, 0.15) is 6.04 Å². The Morgan fingerprint density at radius 1 is 0.941 bits per heavy atom. The lowest BCUT2D eigenvalue weighted by molar-refractivity contribution is 0.102. The van der Waals surface area contributed by atoms with Gasteiger partial charge < -0.3 is 5.32 Å². The predicted molar refractivity (Wildman–Crippen MR) is 139 cm³/mol. The van der Waals surface area contributed by atoms with Gasteiger partial charge >= 0.3 is 0 Å². The molecule has 2 heterocycles. The topological polar surface area (TPSA) is 71.8 Å². The number of carbonyl (C=O) groups is 1. The number of hydrogen-bond acceptors (Lipinski definition) is 4. The van der Waals surface area contributed by atoms with Crippen molar-refractivity contribution in [2.75, 3.05) is 10.6 Å². The summed E-state index contributed by atoms with van der Waals surface area (Å²) in [7, 11) is 0. The smallest absolute Gasteiger partial charge is 0.258 e. The minimum atomic E-state index is -0.257. The molecule has 1 amide bonds. The lowest BCUT2D eigenvalue weighted by atomic mass is 10.0. The fourth-order valence-corrected chi connectivity index (χ4v) is 3.85. The second kappa shape index (κ2) is 9.71. The van der Waals surface area contributed by atoms with E-state index < -0.39 is 0 Å². The molecule has 6 nitrogen and oxygen atoms in total. The number of nitrogens with one attached hydrogen (secondary N) is 2. The molecule has 1 aliphatic heterocycles. The van der Waals surface area contributed by atoms with Crippen LogP contribution < -0.4 is 10.6 Å². The lowest BCUT2D eigenvalue weighted by Crippen LogP contribution is -2.20. The summed E-state index contributed by atoms with van der Waals surface area (Å²) in [6.07, 6.45) is 2.10. The summed E-state index contributed by atoms with van der Waals surface area (Å²) in [5.74, 6) is 0.528. The molecule has 2 N–H and O–H groups in total. The molecular formula is C26H23Cl2N5O. The number of carbonyl (C=O) groups excluding carboxylic acids is 1. The number of rotatable bonds is 4. The Bertz CT molecular complexity index is 1340. The number of amides is 1. The molecular weight excluding hydrogens is 469 g/mol. The zero-order chi connectivity index (χ0) is 22.9. The van der Waals surface area contributed by atoms with Gasteiger partial charge in [-0.15, -0.1) is 17.5 Å². The molecule has 1 unspecified atom stereocenters. The van der Waals surface area contributed by atoms with Crippen LogP contribution in [0.3, 0.4) is 0 Å². The largest absolute Gasteiger partial charge is 0.324 e. The van der Waals surface area contributed by atoms with Crippen LogP contribution >= 0.6 is 24.0 Å². The van der Waals surface area contributed by atoms with Gasteiger partial charge in [-0.1, -0.05) is 71.3 Å². The molecule has 0 spiro atoms. The molecule has 172 valence electrons. The summed E-state index contributed by atoms with van der Waals surface area (Å²) in [6, 6.07) is 23.1. The second-order valence-corrected chi connectivity index (χ2v) is 8.53. The number of allylic oxidation sites excluding steroid dienone is 1. The van der Waals surface area contributed by atoms with Crippen LogP contribution in [0, 0.1) is 13.8 Å². The van der Waals surface area contributed by atoms with Crippen molar-refractivity contribution >= 4 is 47.5 Å². The number of aryl methyl sites for hydroxylation is 2. The number of anilines is 2. The van der Waals surface area contributed by atoms with Crippen LogP contribution in [0.5, 0.6) is 0 Å². The highest BCUT2D eigenvalue weighted by Crippen LogP contribution is 2.33. The van der Waals surface area contributed by atoms with Crippen LogP contribution in [-0.2, 0) is 0 Å². The monoisotopic (exact) mass is 491 g/mol. The Labute approximate surface area is 209 Å². The first-order chi connectivity index (χ1) is 16.0. The van der Waals surface area contributed by atoms with Crippen molar-refractivity contribution in [2.45, 2.75) is 19.9 Å². The van der Waals surface area contributed by atoms with E-state index in [1.165, 1.54) is 5.56 Å². The number of fused-ring (bicyclic) bond motifs is 1. The van der Waals surface area contributed by atoms with E-state index in [0.29, 0.717) is 16.5 Å². The van der Waals surface area contributed by atoms with Crippen LogP contribution in [0.15, 0.2) is 78.9 Å². The fourth-order valence-electron chi connectivity index (χ4n) is 3.72. The van der Waals surface area contributed by atoms with Gasteiger partial charge in [0.05, 0.1) is 0 Å². The van der Waals surface area contributed by atoms with Gasteiger partial charge in [-0.2, -0.15) is 4.98 Å². The van der Waals surface area contributed by atoms with Crippen LogP contribution in [0.1, 0.15) is 38.7 Å². The Morgan fingerprint density at radius 2 is 1.56 bits per heavy atom. The van der Waals surface area contributed by atoms with E-state index in [1.807, 2.05) is 43.3 Å². The molecule has 1 aromatic heterocycles. The number of nitrogens with zero attached hydrogens (tertiary/aromatic N) is 3. The molecule has 1 atom stereocenters. The van der Waals surface area contributed by atoms with Gasteiger partial charge in [-0.3, -0.25) is 10.1 Å². The quantitative estimate of drug-likeness (QED) is 0.352. The summed E-state index contributed by atoms with van der Waals surface area (Å²) >= 11 is 6.11. The molecule has 0 fully saturated rings. The van der Waals surface area contributed by atoms with Crippen molar-refractivity contribution in [1.29, 1.82) is 0 Å². The van der Waals surface area contributed by atoms with E-state index in [9.17, 15) is 4.79 Å². The highest BCUT2D eigenvalue weighted by atomic mass is 35.5. The maximum atomic E-state index is 12.7. The Morgan fingerprint density at radius 3 is 2.21 bits per heavy atom. The number of halogens is 2. The predicted octanol–water partition coefficient (Wildman–Crippen LogP) is 6.28. The third-order valence-corrected chi connectivity index (χ3v) is 5.83. The van der Waals surface area contributed by atoms with Crippen molar-refractivity contribution < 1.29 is 4.79 Å². The normalized spacial score (nSPS) is 14.3. The van der Waals surface area contributed by atoms with E-state index >= 15 is 0 Å². The van der Waals surface area contributed by atoms with Gasteiger partial charge in [0.25, 0.3) is 11.9 Å². The first-order valence-corrected chi connectivity index (χ1v) is 11.0. The van der Waals surface area contributed by atoms with Gasteiger partial charge in [-0.25, -0.2) is 4.68 Å². The minimum Gasteiger partial charge on any atom is -0.324 e. The van der Waals surface area contributed by atoms with E-state index in [0.717, 1.165) is 22.4 Å². The van der Waals surface area contributed by atoms with Crippen molar-refractivity contribution in [3.63, 3.8) is 0 Å². The molecule has 4 aromatic rings. The molecule has 8 heteroatoms. The molecule has 3 aromatic carbocycles.